The molecule has 152 valence electrons. The number of hydrogen-bond acceptors (Lipinski definition) is 7. The van der Waals surface area contributed by atoms with Gasteiger partial charge >= 0.3 is 0 Å². The largest absolute Gasteiger partial charge is 0.507 e. The summed E-state index contributed by atoms with van der Waals surface area (Å²) in [6.07, 6.45) is 7.66. The van der Waals surface area contributed by atoms with E-state index >= 15 is 0 Å². The molecule has 0 bridgehead atoms. The maximum Gasteiger partial charge on any atom is 0.245 e. The molecule has 3 aromatic heterocycles. The number of ketones is 1. The number of hydrogen-bond donors (Lipinski definition) is 2. The third-order valence-corrected chi connectivity index (χ3v) is 5.26. The van der Waals surface area contributed by atoms with E-state index in [2.05, 4.69) is 20.3 Å². The fraction of sp³-hybridized carbons (Fsp3) is 0.238. The van der Waals surface area contributed by atoms with E-state index < -0.39 is 0 Å². The molecular formula is C21H21N7O2. The molecule has 4 heterocycles. The van der Waals surface area contributed by atoms with Crippen molar-refractivity contribution >= 4 is 28.9 Å². The van der Waals surface area contributed by atoms with Gasteiger partial charge in [-0.3, -0.25) is 4.79 Å². The number of aromatic nitrogens is 5. The van der Waals surface area contributed by atoms with Gasteiger partial charge in [0.25, 0.3) is 0 Å². The molecule has 5 rings (SSSR count). The number of rotatable bonds is 5. The first kappa shape index (κ1) is 18.2. The molecule has 0 radical (unpaired) electrons. The van der Waals surface area contributed by atoms with Crippen molar-refractivity contribution in [3.8, 4) is 11.4 Å². The molecule has 1 aliphatic rings. The lowest BCUT2D eigenvalue weighted by molar-refractivity contribution is 0.101. The van der Waals surface area contributed by atoms with E-state index in [1.807, 2.05) is 29.0 Å². The van der Waals surface area contributed by atoms with E-state index in [1.165, 1.54) is 13.0 Å². The highest BCUT2D eigenvalue weighted by Crippen LogP contribution is 2.25. The number of benzene rings is 1. The van der Waals surface area contributed by atoms with Gasteiger partial charge in [-0.1, -0.05) is 0 Å². The number of carbonyl (C=O) groups excluding carboxylic acids is 1. The van der Waals surface area contributed by atoms with Crippen LogP contribution in [0.2, 0.25) is 0 Å². The zero-order chi connectivity index (χ0) is 20.7. The van der Waals surface area contributed by atoms with Gasteiger partial charge in [0, 0.05) is 25.0 Å². The molecule has 1 saturated heterocycles. The highest BCUT2D eigenvalue weighted by atomic mass is 16.3. The molecule has 1 fully saturated rings. The van der Waals surface area contributed by atoms with Crippen LogP contribution in [0.15, 0.2) is 49.1 Å². The second kappa shape index (κ2) is 7.18. The van der Waals surface area contributed by atoms with Crippen LogP contribution in [0.5, 0.6) is 5.75 Å². The van der Waals surface area contributed by atoms with Crippen molar-refractivity contribution in [1.82, 2.24) is 24.1 Å². The standard InChI is InChI=1S/C21H21N7O2/c1-14(29)16-11-15(6-7-18(16)30)27-12-19(22-13-27)23-20-17-5-4-10-28(17)25-21(24-20)26-8-2-3-9-26/h4-7,10-13,30H,2-3,8-9H2,1H3,(H,23,24,25). The number of aromatic hydroxyl groups is 1. The number of carbonyl (C=O) groups is 1. The summed E-state index contributed by atoms with van der Waals surface area (Å²) in [5, 5.41) is 17.8. The minimum atomic E-state index is -0.195. The predicted octanol–water partition coefficient (Wildman–Crippen LogP) is 3.17. The Hall–Kier alpha value is -3.88. The van der Waals surface area contributed by atoms with E-state index in [4.69, 9.17) is 4.98 Å². The smallest absolute Gasteiger partial charge is 0.245 e. The Labute approximate surface area is 172 Å². The number of nitrogens with one attached hydrogen (secondary N) is 1. The van der Waals surface area contributed by atoms with Crippen molar-refractivity contribution in [2.45, 2.75) is 19.8 Å². The third-order valence-electron chi connectivity index (χ3n) is 5.26. The van der Waals surface area contributed by atoms with E-state index in [1.54, 1.807) is 23.0 Å². The molecule has 2 N–H and O–H groups in total. The summed E-state index contributed by atoms with van der Waals surface area (Å²) in [5.41, 5.74) is 1.86. The van der Waals surface area contributed by atoms with Crippen LogP contribution in [-0.4, -0.2) is 48.1 Å². The first-order valence-corrected chi connectivity index (χ1v) is 9.84. The van der Waals surface area contributed by atoms with Gasteiger partial charge in [0.2, 0.25) is 5.95 Å². The zero-order valence-corrected chi connectivity index (χ0v) is 16.5. The van der Waals surface area contributed by atoms with Crippen LogP contribution < -0.4 is 10.2 Å². The molecule has 4 aromatic rings. The Kier molecular flexibility index (Phi) is 4.35. The second-order valence-corrected chi connectivity index (χ2v) is 7.34. The quantitative estimate of drug-likeness (QED) is 0.494. The van der Waals surface area contributed by atoms with Gasteiger partial charge < -0.3 is 19.9 Å². The van der Waals surface area contributed by atoms with Crippen molar-refractivity contribution in [2.24, 2.45) is 0 Å². The number of fused-ring (bicyclic) bond motifs is 1. The van der Waals surface area contributed by atoms with Crippen LogP contribution in [-0.2, 0) is 0 Å². The lowest BCUT2D eigenvalue weighted by atomic mass is 10.1. The molecule has 1 aromatic carbocycles. The maximum absolute atomic E-state index is 11.7. The molecule has 0 unspecified atom stereocenters. The normalized spacial score (nSPS) is 13.8. The van der Waals surface area contributed by atoms with Crippen molar-refractivity contribution in [3.05, 3.63) is 54.6 Å². The first-order valence-electron chi connectivity index (χ1n) is 9.84. The third kappa shape index (κ3) is 3.24. The number of anilines is 3. The van der Waals surface area contributed by atoms with Gasteiger partial charge in [-0.05, 0) is 50.1 Å². The Balaban J connectivity index is 1.47. The van der Waals surface area contributed by atoms with Crippen LogP contribution in [0.3, 0.4) is 0 Å². The Morgan fingerprint density at radius 3 is 2.83 bits per heavy atom. The fourth-order valence-corrected chi connectivity index (χ4v) is 3.68. The summed E-state index contributed by atoms with van der Waals surface area (Å²) in [6.45, 7) is 3.34. The van der Waals surface area contributed by atoms with Crippen LogP contribution in [0.25, 0.3) is 11.2 Å². The summed E-state index contributed by atoms with van der Waals surface area (Å²) in [7, 11) is 0. The van der Waals surface area contributed by atoms with Crippen LogP contribution >= 0.6 is 0 Å². The highest BCUT2D eigenvalue weighted by Gasteiger charge is 2.18. The van der Waals surface area contributed by atoms with Gasteiger partial charge in [-0.25, -0.2) is 9.50 Å². The molecule has 0 spiro atoms. The van der Waals surface area contributed by atoms with E-state index in [0.717, 1.165) is 37.1 Å². The Bertz CT molecular complexity index is 1240. The van der Waals surface area contributed by atoms with Crippen LogP contribution in [0.4, 0.5) is 17.6 Å². The number of imidazole rings is 1. The van der Waals surface area contributed by atoms with Gasteiger partial charge in [-0.2, -0.15) is 4.98 Å². The predicted molar refractivity (Wildman–Crippen MR) is 113 cm³/mol. The van der Waals surface area contributed by atoms with Gasteiger partial charge in [0.05, 0.1) is 11.8 Å². The lowest BCUT2D eigenvalue weighted by Crippen LogP contribution is -2.22. The molecular weight excluding hydrogens is 382 g/mol. The molecule has 0 saturated carbocycles. The lowest BCUT2D eigenvalue weighted by Gasteiger charge is -2.16. The molecule has 0 atom stereocenters. The molecule has 1 aliphatic heterocycles. The van der Waals surface area contributed by atoms with Gasteiger partial charge in [-0.15, -0.1) is 5.10 Å². The molecule has 30 heavy (non-hydrogen) atoms. The monoisotopic (exact) mass is 403 g/mol. The second-order valence-electron chi connectivity index (χ2n) is 7.34. The molecule has 0 aliphatic carbocycles. The van der Waals surface area contributed by atoms with Gasteiger partial charge in [0.15, 0.2) is 11.6 Å². The number of phenolic OH excluding ortho intramolecular Hbond substituents is 1. The Morgan fingerprint density at radius 2 is 2.03 bits per heavy atom. The molecule has 0 amide bonds. The number of Topliss-reactive ketones (excluding diaryl/α,β-unsaturated/α-hetero) is 1. The highest BCUT2D eigenvalue weighted by molar-refractivity contribution is 5.97. The SMILES string of the molecule is CC(=O)c1cc(-n2cnc(Nc3nc(N4CCCC4)nn4cccc34)c2)ccc1O. The zero-order valence-electron chi connectivity index (χ0n) is 16.5. The maximum atomic E-state index is 11.7. The summed E-state index contributed by atoms with van der Waals surface area (Å²) in [4.78, 5) is 23.1. The summed E-state index contributed by atoms with van der Waals surface area (Å²) in [5.74, 6) is 1.76. The number of nitrogens with zero attached hydrogens (tertiary/aromatic N) is 6. The fourth-order valence-electron chi connectivity index (χ4n) is 3.68. The topological polar surface area (TPSA) is 101 Å². The van der Waals surface area contributed by atoms with E-state index in [9.17, 15) is 9.90 Å². The van der Waals surface area contributed by atoms with Crippen LogP contribution in [0, 0.1) is 0 Å². The average Bonchev–Trinajstić information content (AvgIpc) is 3.49. The summed E-state index contributed by atoms with van der Waals surface area (Å²) < 4.78 is 3.60. The summed E-state index contributed by atoms with van der Waals surface area (Å²) in [6, 6.07) is 8.77. The van der Waals surface area contributed by atoms with E-state index in [-0.39, 0.29) is 17.1 Å². The minimum Gasteiger partial charge on any atom is -0.507 e. The van der Waals surface area contributed by atoms with Crippen molar-refractivity contribution in [2.75, 3.05) is 23.3 Å². The van der Waals surface area contributed by atoms with Crippen molar-refractivity contribution in [3.63, 3.8) is 0 Å². The Morgan fingerprint density at radius 1 is 1.20 bits per heavy atom. The van der Waals surface area contributed by atoms with Gasteiger partial charge in [0.1, 0.15) is 23.4 Å². The molecule has 9 heteroatoms. The minimum absolute atomic E-state index is 0.0317. The van der Waals surface area contributed by atoms with Crippen molar-refractivity contribution < 1.29 is 9.90 Å². The van der Waals surface area contributed by atoms with Crippen LogP contribution in [0.1, 0.15) is 30.1 Å². The average molecular weight is 403 g/mol. The van der Waals surface area contributed by atoms with Crippen molar-refractivity contribution in [1.29, 1.82) is 0 Å². The number of phenols is 1. The first-order chi connectivity index (χ1) is 14.6. The van der Waals surface area contributed by atoms with E-state index in [0.29, 0.717) is 17.6 Å². The molecule has 9 nitrogen and oxygen atoms in total. The summed E-state index contributed by atoms with van der Waals surface area (Å²) >= 11 is 0.